The summed E-state index contributed by atoms with van der Waals surface area (Å²) in [6, 6.07) is -2.33. The predicted molar refractivity (Wildman–Crippen MR) is 200 cm³/mol. The molecule has 54 heavy (non-hydrogen) atoms. The molecule has 1 aromatic rings. The van der Waals surface area contributed by atoms with E-state index in [1.54, 1.807) is 41.5 Å². The number of carbonyl (C=O) groups is 7. The summed E-state index contributed by atoms with van der Waals surface area (Å²) < 4.78 is 12.3. The zero-order valence-electron chi connectivity index (χ0n) is 33.2. The normalized spacial score (nSPS) is 15.4. The number of Topliss-reactive ketones (excluding diaryl/α,β-unsaturated/α-hetero) is 1. The maximum absolute atomic E-state index is 14.1. The Morgan fingerprint density at radius 2 is 1.43 bits per heavy atom. The first-order chi connectivity index (χ1) is 25.3. The molecule has 0 radical (unpaired) electrons. The van der Waals surface area contributed by atoms with Gasteiger partial charge in [-0.05, 0) is 67.2 Å². The highest BCUT2D eigenvalue weighted by atomic mass is 16.6. The number of imidazole rings is 1. The molecule has 0 saturated heterocycles. The van der Waals surface area contributed by atoms with Gasteiger partial charge in [-0.25, -0.2) is 19.1 Å². The van der Waals surface area contributed by atoms with Gasteiger partial charge in [0, 0.05) is 31.6 Å². The lowest BCUT2D eigenvalue weighted by Gasteiger charge is -2.36. The third-order valence-corrected chi connectivity index (χ3v) is 9.07. The highest BCUT2D eigenvalue weighted by Gasteiger charge is 2.41. The number of fused-ring (bicyclic) bond motifs is 1. The summed E-state index contributed by atoms with van der Waals surface area (Å²) in [5.41, 5.74) is 4.57. The van der Waals surface area contributed by atoms with Crippen molar-refractivity contribution in [1.82, 2.24) is 19.8 Å². The summed E-state index contributed by atoms with van der Waals surface area (Å²) >= 11 is 0. The van der Waals surface area contributed by atoms with Crippen LogP contribution in [0.25, 0.3) is 0 Å². The van der Waals surface area contributed by atoms with Gasteiger partial charge in [0.1, 0.15) is 29.9 Å². The second-order valence-electron chi connectivity index (χ2n) is 16.2. The molecular weight excluding hydrogens is 698 g/mol. The Morgan fingerprint density at radius 3 is 1.96 bits per heavy atom. The van der Waals surface area contributed by atoms with Gasteiger partial charge in [-0.1, -0.05) is 57.8 Å². The van der Waals surface area contributed by atoms with E-state index in [4.69, 9.17) is 15.2 Å². The van der Waals surface area contributed by atoms with Crippen molar-refractivity contribution >= 4 is 42.0 Å². The van der Waals surface area contributed by atoms with E-state index in [0.717, 1.165) is 64.1 Å². The van der Waals surface area contributed by atoms with Crippen molar-refractivity contribution in [3.63, 3.8) is 0 Å². The van der Waals surface area contributed by atoms with Crippen molar-refractivity contribution in [3.05, 3.63) is 17.7 Å². The van der Waals surface area contributed by atoms with E-state index >= 15 is 0 Å². The van der Waals surface area contributed by atoms with Crippen LogP contribution in [0.3, 0.4) is 0 Å². The lowest BCUT2D eigenvalue weighted by atomic mass is 9.87. The number of nitrogens with zero attached hydrogens (tertiary/aromatic N) is 3. The molecule has 15 nitrogen and oxygen atoms in total. The van der Waals surface area contributed by atoms with Crippen LogP contribution in [0, 0.1) is 5.92 Å². The number of carbonyl (C=O) groups excluding carboxylic acids is 6. The minimum absolute atomic E-state index is 0.00103. The van der Waals surface area contributed by atoms with Crippen LogP contribution in [-0.4, -0.2) is 84.9 Å². The fourth-order valence-electron chi connectivity index (χ4n) is 6.44. The zero-order valence-corrected chi connectivity index (χ0v) is 33.2. The molecule has 3 amide bonds. The molecule has 0 fully saturated rings. The van der Waals surface area contributed by atoms with Crippen molar-refractivity contribution in [2.45, 2.75) is 181 Å². The Hall–Kier alpha value is -4.30. The first kappa shape index (κ1) is 45.9. The molecule has 1 aliphatic rings. The zero-order chi connectivity index (χ0) is 40.5. The number of primary amides is 1. The third kappa shape index (κ3) is 16.8. The molecule has 3 atom stereocenters. The lowest BCUT2D eigenvalue weighted by molar-refractivity contribution is -0.137. The van der Waals surface area contributed by atoms with Crippen LogP contribution >= 0.6 is 0 Å². The Kier molecular flexibility index (Phi) is 18.8. The van der Waals surface area contributed by atoms with Crippen molar-refractivity contribution < 1.29 is 48.1 Å². The second kappa shape index (κ2) is 22.2. The quantitative estimate of drug-likeness (QED) is 0.0867. The molecule has 2 heterocycles. The Morgan fingerprint density at radius 1 is 0.870 bits per heavy atom. The highest BCUT2D eigenvalue weighted by Crippen LogP contribution is 2.27. The minimum Gasteiger partial charge on any atom is -0.481 e. The summed E-state index contributed by atoms with van der Waals surface area (Å²) in [7, 11) is 0. The number of ketones is 1. The van der Waals surface area contributed by atoms with Gasteiger partial charge in [-0.3, -0.25) is 24.1 Å². The van der Waals surface area contributed by atoms with Gasteiger partial charge in [-0.15, -0.1) is 0 Å². The number of carboxylic acid groups (broad SMARTS) is 1. The van der Waals surface area contributed by atoms with E-state index in [-0.39, 0.29) is 38.6 Å². The molecule has 15 heteroatoms. The second-order valence-corrected chi connectivity index (χ2v) is 16.2. The van der Waals surface area contributed by atoms with Crippen LogP contribution < -0.4 is 11.1 Å². The van der Waals surface area contributed by atoms with Crippen molar-refractivity contribution in [3.8, 4) is 0 Å². The molecule has 1 aliphatic heterocycles. The lowest BCUT2D eigenvalue weighted by Crippen LogP contribution is -2.57. The van der Waals surface area contributed by atoms with Crippen LogP contribution in [0.2, 0.25) is 0 Å². The summed E-state index contributed by atoms with van der Waals surface area (Å²) in [4.78, 5) is 94.1. The van der Waals surface area contributed by atoms with Gasteiger partial charge >= 0.3 is 18.2 Å². The molecule has 1 aromatic heterocycles. The van der Waals surface area contributed by atoms with Gasteiger partial charge in [0.2, 0.25) is 11.8 Å². The molecule has 2 rings (SSSR count). The molecule has 1 unspecified atom stereocenters. The number of rotatable bonds is 23. The number of aldehydes is 1. The number of ether oxygens (including phenoxy) is 2. The largest absolute Gasteiger partial charge is 0.481 e. The number of unbranched alkanes of at least 4 members (excludes halogenated alkanes) is 10. The van der Waals surface area contributed by atoms with E-state index in [2.05, 4.69) is 10.3 Å². The number of nitrogens with two attached hydrogens (primary N) is 1. The standard InChI is InChI=1S/C39H63N5O10/c1-38(2,3)53-36(51)43-25-31-29(41-26-44(31)37(52)54-39(4,5)6)24-30(43)35(50)42-28(20-18-21-33(47)48)34(49)27(23-32(40)46)19-16-14-12-10-8-7-9-11-13-15-17-22-45/h22,26-28,30H,7-21,23-25H2,1-6H3,(H2,40,46)(H,42,50)(H,47,48)/t27?,28-,30+/m0/s1. The van der Waals surface area contributed by atoms with Gasteiger partial charge in [-0.2, -0.15) is 0 Å². The van der Waals surface area contributed by atoms with Crippen LogP contribution in [0.4, 0.5) is 9.59 Å². The molecule has 304 valence electrons. The maximum atomic E-state index is 14.1. The van der Waals surface area contributed by atoms with Crippen molar-refractivity contribution in [2.75, 3.05) is 0 Å². The monoisotopic (exact) mass is 761 g/mol. The number of nitrogens with one attached hydrogen (secondary N) is 1. The van der Waals surface area contributed by atoms with Crippen LogP contribution in [0.5, 0.6) is 0 Å². The summed E-state index contributed by atoms with van der Waals surface area (Å²) in [5.74, 6) is -3.61. The van der Waals surface area contributed by atoms with E-state index < -0.39 is 65.0 Å². The summed E-state index contributed by atoms with van der Waals surface area (Å²) in [5, 5.41) is 12.1. The van der Waals surface area contributed by atoms with Crippen LogP contribution in [-0.2, 0) is 46.4 Å². The average Bonchev–Trinajstić information content (AvgIpc) is 3.48. The van der Waals surface area contributed by atoms with E-state index in [1.807, 2.05) is 0 Å². The van der Waals surface area contributed by atoms with E-state index in [9.17, 15) is 38.7 Å². The fourth-order valence-corrected chi connectivity index (χ4v) is 6.44. The number of hydrogen-bond donors (Lipinski definition) is 3. The molecule has 4 N–H and O–H groups in total. The van der Waals surface area contributed by atoms with E-state index in [1.165, 1.54) is 15.8 Å². The molecule has 0 aliphatic carbocycles. The number of carboxylic acids is 1. The van der Waals surface area contributed by atoms with Crippen LogP contribution in [0.1, 0.15) is 156 Å². The summed E-state index contributed by atoms with van der Waals surface area (Å²) in [6.45, 7) is 9.97. The number of hydrogen-bond acceptors (Lipinski definition) is 10. The molecule has 0 bridgehead atoms. The third-order valence-electron chi connectivity index (χ3n) is 9.07. The average molecular weight is 762 g/mol. The fraction of sp³-hybridized carbons (Fsp3) is 0.744. The number of aliphatic carboxylic acids is 1. The number of amides is 3. The SMILES string of the molecule is CC(C)(C)OC(=O)N1Cc2c(ncn2C(=O)OC(C)(C)C)C[C@@H]1C(=O)N[C@@H](CCCC(=O)O)C(=O)C(CCCCCCCCCCCCC=O)CC(N)=O. The molecule has 0 saturated carbocycles. The van der Waals surface area contributed by atoms with Crippen LogP contribution in [0.15, 0.2) is 6.33 Å². The smallest absolute Gasteiger partial charge is 0.420 e. The topological polar surface area (TPSA) is 217 Å². The summed E-state index contributed by atoms with van der Waals surface area (Å²) in [6.07, 6.45) is 11.2. The molecular formula is C39H63N5O10. The Bertz CT molecular complexity index is 1430. The molecule has 0 spiro atoms. The van der Waals surface area contributed by atoms with Gasteiger partial charge in [0.05, 0.1) is 24.0 Å². The molecule has 0 aromatic carbocycles. The van der Waals surface area contributed by atoms with Gasteiger partial charge in [0.15, 0.2) is 5.78 Å². The Labute approximate surface area is 319 Å². The first-order valence-corrected chi connectivity index (χ1v) is 19.4. The first-order valence-electron chi connectivity index (χ1n) is 19.4. The Balaban J connectivity index is 2.22. The number of aromatic nitrogens is 2. The van der Waals surface area contributed by atoms with Crippen molar-refractivity contribution in [2.24, 2.45) is 11.7 Å². The van der Waals surface area contributed by atoms with Gasteiger partial charge in [0.25, 0.3) is 0 Å². The predicted octanol–water partition coefficient (Wildman–Crippen LogP) is 6.01. The van der Waals surface area contributed by atoms with Gasteiger partial charge < -0.3 is 30.4 Å². The highest BCUT2D eigenvalue weighted by molar-refractivity contribution is 5.95. The minimum atomic E-state index is -1.19. The van der Waals surface area contributed by atoms with Crippen molar-refractivity contribution in [1.29, 1.82) is 0 Å². The van der Waals surface area contributed by atoms with E-state index in [0.29, 0.717) is 30.7 Å². The maximum Gasteiger partial charge on any atom is 0.420 e.